The molecule has 0 bridgehead atoms. The first-order valence-electron chi connectivity index (χ1n) is 9.12. The van der Waals surface area contributed by atoms with E-state index in [0.29, 0.717) is 18.8 Å². The van der Waals surface area contributed by atoms with Gasteiger partial charge in [-0.2, -0.15) is 5.10 Å². The van der Waals surface area contributed by atoms with Gasteiger partial charge in [0.05, 0.1) is 12.2 Å². The van der Waals surface area contributed by atoms with Crippen molar-refractivity contribution in [1.29, 1.82) is 0 Å². The standard InChI is InChI=1S/C20H28N4O2.ClH/c1-20(2,3)15-7-5-6-8-17(15)26-12-11-24(4)19(25)18-14-9-10-21-13-16(14)22-23-18;/h5-8,21H,9-13H2,1-4H3,(H,22,23);1H. The Hall–Kier alpha value is -2.05. The molecule has 0 saturated carbocycles. The van der Waals surface area contributed by atoms with Crippen molar-refractivity contribution in [3.05, 3.63) is 46.8 Å². The number of fused-ring (bicyclic) bond motifs is 1. The summed E-state index contributed by atoms with van der Waals surface area (Å²) in [6.45, 7) is 9.08. The van der Waals surface area contributed by atoms with Crippen molar-refractivity contribution >= 4 is 18.3 Å². The predicted molar refractivity (Wildman–Crippen MR) is 109 cm³/mol. The molecule has 1 aromatic carbocycles. The fraction of sp³-hybridized carbons (Fsp3) is 0.500. The van der Waals surface area contributed by atoms with E-state index in [-0.39, 0.29) is 23.7 Å². The first-order valence-corrected chi connectivity index (χ1v) is 9.12. The van der Waals surface area contributed by atoms with Crippen molar-refractivity contribution in [1.82, 2.24) is 20.4 Å². The van der Waals surface area contributed by atoms with Crippen molar-refractivity contribution in [2.24, 2.45) is 0 Å². The number of nitrogens with one attached hydrogen (secondary N) is 2. The predicted octanol–water partition coefficient (Wildman–Crippen LogP) is 2.93. The summed E-state index contributed by atoms with van der Waals surface area (Å²) in [5.74, 6) is 0.821. The van der Waals surface area contributed by atoms with Gasteiger partial charge in [0, 0.05) is 19.2 Å². The monoisotopic (exact) mass is 392 g/mol. The normalized spacial score (nSPS) is 13.5. The Morgan fingerprint density at radius 3 is 2.78 bits per heavy atom. The highest BCUT2D eigenvalue weighted by molar-refractivity contribution is 5.93. The van der Waals surface area contributed by atoms with E-state index in [9.17, 15) is 4.79 Å². The second-order valence-electron chi connectivity index (χ2n) is 7.78. The average Bonchev–Trinajstić information content (AvgIpc) is 3.04. The minimum absolute atomic E-state index is 0. The largest absolute Gasteiger partial charge is 0.491 e. The van der Waals surface area contributed by atoms with Gasteiger partial charge in [-0.15, -0.1) is 12.4 Å². The van der Waals surface area contributed by atoms with Crippen LogP contribution in [0.1, 0.15) is 48.1 Å². The molecular weight excluding hydrogens is 364 g/mol. The molecule has 0 unspecified atom stereocenters. The lowest BCUT2D eigenvalue weighted by atomic mass is 9.86. The topological polar surface area (TPSA) is 70.2 Å². The summed E-state index contributed by atoms with van der Waals surface area (Å²) in [5, 5.41) is 10.5. The number of halogens is 1. The first-order chi connectivity index (χ1) is 12.4. The summed E-state index contributed by atoms with van der Waals surface area (Å²) in [7, 11) is 1.80. The molecule has 0 fully saturated rings. The molecule has 0 aliphatic carbocycles. The zero-order chi connectivity index (χ0) is 18.7. The lowest BCUT2D eigenvalue weighted by Crippen LogP contribution is -2.33. The fourth-order valence-electron chi connectivity index (χ4n) is 3.21. The van der Waals surface area contributed by atoms with Crippen LogP contribution in [0, 0.1) is 0 Å². The van der Waals surface area contributed by atoms with Gasteiger partial charge >= 0.3 is 0 Å². The summed E-state index contributed by atoms with van der Waals surface area (Å²) in [4.78, 5) is 14.4. The molecule has 1 amide bonds. The molecule has 0 atom stereocenters. The van der Waals surface area contributed by atoms with Crippen LogP contribution in [-0.4, -0.2) is 47.7 Å². The maximum absolute atomic E-state index is 12.7. The van der Waals surface area contributed by atoms with Crippen molar-refractivity contribution < 1.29 is 9.53 Å². The van der Waals surface area contributed by atoms with Crippen molar-refractivity contribution in [2.45, 2.75) is 39.2 Å². The van der Waals surface area contributed by atoms with Gasteiger partial charge in [0.25, 0.3) is 5.91 Å². The van der Waals surface area contributed by atoms with Crippen LogP contribution >= 0.6 is 12.4 Å². The van der Waals surface area contributed by atoms with E-state index in [2.05, 4.69) is 42.4 Å². The molecular formula is C20H29ClN4O2. The number of hydrogen-bond donors (Lipinski definition) is 2. The van der Waals surface area contributed by atoms with E-state index in [1.54, 1.807) is 11.9 Å². The molecule has 2 heterocycles. The number of carbonyl (C=O) groups excluding carboxylic acids is 1. The molecule has 6 nitrogen and oxygen atoms in total. The zero-order valence-corrected chi connectivity index (χ0v) is 17.3. The Bertz CT molecular complexity index is 783. The molecule has 0 radical (unpaired) electrons. The van der Waals surface area contributed by atoms with E-state index >= 15 is 0 Å². The second-order valence-corrected chi connectivity index (χ2v) is 7.78. The van der Waals surface area contributed by atoms with Gasteiger partial charge in [-0.25, -0.2) is 0 Å². The first kappa shape index (κ1) is 21.3. The molecule has 148 valence electrons. The number of carbonyl (C=O) groups is 1. The van der Waals surface area contributed by atoms with Gasteiger partial charge in [-0.1, -0.05) is 39.0 Å². The third-order valence-corrected chi connectivity index (χ3v) is 4.73. The number of H-pyrrole nitrogens is 1. The van der Waals surface area contributed by atoms with E-state index < -0.39 is 0 Å². The Morgan fingerprint density at radius 2 is 2.04 bits per heavy atom. The van der Waals surface area contributed by atoms with E-state index in [1.165, 1.54) is 5.56 Å². The molecule has 7 heteroatoms. The molecule has 2 aromatic rings. The lowest BCUT2D eigenvalue weighted by molar-refractivity contribution is 0.0766. The van der Waals surface area contributed by atoms with Gasteiger partial charge in [-0.05, 0) is 30.0 Å². The Labute approximate surface area is 167 Å². The van der Waals surface area contributed by atoms with Gasteiger partial charge in [-0.3, -0.25) is 9.89 Å². The average molecular weight is 393 g/mol. The number of aromatic nitrogens is 2. The molecule has 1 aromatic heterocycles. The maximum atomic E-state index is 12.7. The number of rotatable bonds is 5. The van der Waals surface area contributed by atoms with Crippen molar-refractivity contribution in [2.75, 3.05) is 26.7 Å². The van der Waals surface area contributed by atoms with Gasteiger partial charge in [0.15, 0.2) is 5.69 Å². The van der Waals surface area contributed by atoms with Crippen LogP contribution in [0.25, 0.3) is 0 Å². The van der Waals surface area contributed by atoms with Crippen LogP contribution in [0.3, 0.4) is 0 Å². The minimum Gasteiger partial charge on any atom is -0.491 e. The number of likely N-dealkylation sites (N-methyl/N-ethyl adjacent to an activating group) is 1. The smallest absolute Gasteiger partial charge is 0.274 e. The van der Waals surface area contributed by atoms with Crippen LogP contribution < -0.4 is 10.1 Å². The summed E-state index contributed by atoms with van der Waals surface area (Å²) in [5.41, 5.74) is 3.78. The second kappa shape index (κ2) is 8.76. The third kappa shape index (κ3) is 4.82. The minimum atomic E-state index is -0.0582. The Morgan fingerprint density at radius 1 is 1.30 bits per heavy atom. The number of nitrogens with zero attached hydrogens (tertiary/aromatic N) is 2. The summed E-state index contributed by atoms with van der Waals surface area (Å²) < 4.78 is 5.98. The summed E-state index contributed by atoms with van der Waals surface area (Å²) >= 11 is 0. The van der Waals surface area contributed by atoms with Gasteiger partial charge in [0.1, 0.15) is 12.4 Å². The zero-order valence-electron chi connectivity index (χ0n) is 16.5. The number of para-hydroxylation sites is 1. The number of benzene rings is 1. The molecule has 0 saturated heterocycles. The van der Waals surface area contributed by atoms with Crippen LogP contribution in [-0.2, 0) is 18.4 Å². The number of ether oxygens (including phenoxy) is 1. The Balaban J connectivity index is 0.00000261. The van der Waals surface area contributed by atoms with Crippen LogP contribution in [0.2, 0.25) is 0 Å². The van der Waals surface area contributed by atoms with E-state index in [1.807, 2.05) is 18.2 Å². The van der Waals surface area contributed by atoms with Crippen molar-refractivity contribution in [3.8, 4) is 5.75 Å². The highest BCUT2D eigenvalue weighted by Crippen LogP contribution is 2.30. The maximum Gasteiger partial charge on any atom is 0.274 e. The lowest BCUT2D eigenvalue weighted by Gasteiger charge is -2.23. The molecule has 27 heavy (non-hydrogen) atoms. The Kier molecular flexibility index (Phi) is 6.89. The van der Waals surface area contributed by atoms with E-state index in [0.717, 1.165) is 36.5 Å². The summed E-state index contributed by atoms with van der Waals surface area (Å²) in [6, 6.07) is 8.08. The summed E-state index contributed by atoms with van der Waals surface area (Å²) in [6.07, 6.45) is 0.830. The SMILES string of the molecule is CN(CCOc1ccccc1C(C)(C)C)C(=O)c1n[nH]c2c1CCNC2.Cl. The highest BCUT2D eigenvalue weighted by Gasteiger charge is 2.24. The number of aromatic amines is 1. The third-order valence-electron chi connectivity index (χ3n) is 4.73. The fourth-order valence-corrected chi connectivity index (χ4v) is 3.21. The molecule has 3 rings (SSSR count). The highest BCUT2D eigenvalue weighted by atomic mass is 35.5. The molecule has 0 spiro atoms. The van der Waals surface area contributed by atoms with Crippen molar-refractivity contribution in [3.63, 3.8) is 0 Å². The van der Waals surface area contributed by atoms with Gasteiger partial charge < -0.3 is 15.0 Å². The molecule has 2 N–H and O–H groups in total. The number of hydrogen-bond acceptors (Lipinski definition) is 4. The molecule has 1 aliphatic rings. The molecule has 1 aliphatic heterocycles. The quantitative estimate of drug-likeness (QED) is 0.820. The van der Waals surface area contributed by atoms with Gasteiger partial charge in [0.2, 0.25) is 0 Å². The van der Waals surface area contributed by atoms with Crippen LogP contribution in [0.15, 0.2) is 24.3 Å². The van der Waals surface area contributed by atoms with Crippen LogP contribution in [0.4, 0.5) is 0 Å². The van der Waals surface area contributed by atoms with Crippen LogP contribution in [0.5, 0.6) is 5.75 Å². The number of amides is 1. The van der Waals surface area contributed by atoms with E-state index in [4.69, 9.17) is 4.74 Å².